The van der Waals surface area contributed by atoms with Crippen molar-refractivity contribution in [1.82, 2.24) is 14.9 Å². The van der Waals surface area contributed by atoms with Crippen molar-refractivity contribution in [3.63, 3.8) is 0 Å². The fourth-order valence-electron chi connectivity index (χ4n) is 2.13. The molecular formula is C17H14BrF2N7OS. The topological polar surface area (TPSA) is 110 Å². The molecule has 0 aliphatic heterocycles. The number of benzene rings is 2. The van der Waals surface area contributed by atoms with E-state index in [0.717, 1.165) is 38.6 Å². The molecule has 0 fully saturated rings. The number of nitrogens with two attached hydrogens (primary N) is 1. The maximum Gasteiger partial charge on any atom is 0.264 e. The van der Waals surface area contributed by atoms with E-state index in [1.54, 1.807) is 6.21 Å². The van der Waals surface area contributed by atoms with E-state index in [2.05, 4.69) is 42.0 Å². The lowest BCUT2D eigenvalue weighted by Gasteiger charge is -2.07. The van der Waals surface area contributed by atoms with Gasteiger partial charge < -0.3 is 11.2 Å². The molecule has 0 radical (unpaired) electrons. The number of nitrogens with zero attached hydrogens (tertiary/aromatic N) is 4. The van der Waals surface area contributed by atoms with Gasteiger partial charge in [0, 0.05) is 4.47 Å². The van der Waals surface area contributed by atoms with E-state index in [9.17, 15) is 13.6 Å². The summed E-state index contributed by atoms with van der Waals surface area (Å²) in [6, 6.07) is 10.8. The highest BCUT2D eigenvalue weighted by Crippen LogP contribution is 2.20. The highest BCUT2D eigenvalue weighted by molar-refractivity contribution is 9.10. The Morgan fingerprint density at radius 3 is 2.69 bits per heavy atom. The second-order valence-corrected chi connectivity index (χ2v) is 7.39. The zero-order valence-corrected chi connectivity index (χ0v) is 17.0. The molecule has 0 saturated heterocycles. The van der Waals surface area contributed by atoms with E-state index < -0.39 is 23.2 Å². The van der Waals surface area contributed by atoms with E-state index in [0.29, 0.717) is 0 Å². The molecule has 1 aromatic heterocycles. The molecule has 0 unspecified atom stereocenters. The van der Waals surface area contributed by atoms with Gasteiger partial charge in [-0.1, -0.05) is 45.9 Å². The summed E-state index contributed by atoms with van der Waals surface area (Å²) >= 11 is 4.31. The highest BCUT2D eigenvalue weighted by Gasteiger charge is 2.15. The van der Waals surface area contributed by atoms with Crippen LogP contribution in [-0.2, 0) is 4.79 Å². The van der Waals surface area contributed by atoms with E-state index >= 15 is 0 Å². The monoisotopic (exact) mass is 481 g/mol. The van der Waals surface area contributed by atoms with Gasteiger partial charge in [-0.3, -0.25) is 4.79 Å². The molecule has 0 atom stereocenters. The van der Waals surface area contributed by atoms with Crippen LogP contribution < -0.4 is 16.6 Å². The first kappa shape index (κ1) is 20.7. The molecule has 3 rings (SSSR count). The molecule has 0 bridgehead atoms. The Labute approximate surface area is 176 Å². The van der Waals surface area contributed by atoms with E-state index in [4.69, 9.17) is 5.84 Å². The summed E-state index contributed by atoms with van der Waals surface area (Å²) in [4.78, 5) is 12.0. The van der Waals surface area contributed by atoms with Crippen molar-refractivity contribution >= 4 is 51.4 Å². The normalized spacial score (nSPS) is 11.0. The van der Waals surface area contributed by atoms with Gasteiger partial charge in [0.25, 0.3) is 5.95 Å². The Kier molecular flexibility index (Phi) is 6.77. The van der Waals surface area contributed by atoms with Crippen molar-refractivity contribution in [2.45, 2.75) is 5.16 Å². The molecule has 4 N–H and O–H groups in total. The average molecular weight is 482 g/mol. The summed E-state index contributed by atoms with van der Waals surface area (Å²) in [7, 11) is 0. The minimum atomic E-state index is -0.861. The number of anilines is 2. The number of hydrazone groups is 1. The molecule has 2 aromatic carbocycles. The number of halogens is 3. The summed E-state index contributed by atoms with van der Waals surface area (Å²) in [5.41, 5.74) is 2.99. The quantitative estimate of drug-likeness (QED) is 0.207. The number of carbonyl (C=O) groups is 1. The summed E-state index contributed by atoms with van der Waals surface area (Å²) < 4.78 is 29.2. The first-order valence-electron chi connectivity index (χ1n) is 8.06. The number of carbonyl (C=O) groups excluding carboxylic acids is 1. The van der Waals surface area contributed by atoms with Gasteiger partial charge in [-0.15, -0.1) is 10.2 Å². The number of rotatable bonds is 7. The van der Waals surface area contributed by atoms with Crippen molar-refractivity contribution in [3.05, 3.63) is 64.1 Å². The van der Waals surface area contributed by atoms with Crippen LogP contribution >= 0.6 is 27.7 Å². The smallest absolute Gasteiger partial charge is 0.264 e. The third-order valence-corrected chi connectivity index (χ3v) is 4.89. The molecule has 8 nitrogen and oxygen atoms in total. The number of amides is 1. The molecule has 1 heterocycles. The predicted octanol–water partition coefficient (Wildman–Crippen LogP) is 3.21. The Balaban J connectivity index is 1.56. The highest BCUT2D eigenvalue weighted by atomic mass is 79.9. The Hall–Kier alpha value is -2.99. The fourth-order valence-corrected chi connectivity index (χ4v) is 3.20. The Bertz CT molecular complexity index is 1040. The molecule has 12 heteroatoms. The molecule has 0 saturated carbocycles. The second-order valence-electron chi connectivity index (χ2n) is 5.53. The van der Waals surface area contributed by atoms with Crippen LogP contribution in [0.15, 0.2) is 57.2 Å². The largest absolute Gasteiger partial charge is 0.334 e. The van der Waals surface area contributed by atoms with Gasteiger partial charge in [0.15, 0.2) is 0 Å². The van der Waals surface area contributed by atoms with E-state index in [1.165, 1.54) is 6.07 Å². The average Bonchev–Trinajstić information content (AvgIpc) is 3.03. The Morgan fingerprint density at radius 2 is 1.97 bits per heavy atom. The third-order valence-electron chi connectivity index (χ3n) is 3.45. The van der Waals surface area contributed by atoms with Crippen LogP contribution in [0.1, 0.15) is 5.56 Å². The van der Waals surface area contributed by atoms with Crippen LogP contribution in [0.25, 0.3) is 0 Å². The molecular weight excluding hydrogens is 468 g/mol. The number of thioether (sulfide) groups is 1. The van der Waals surface area contributed by atoms with Gasteiger partial charge in [0.05, 0.1) is 12.0 Å². The Morgan fingerprint density at radius 1 is 1.24 bits per heavy atom. The molecule has 29 heavy (non-hydrogen) atoms. The molecule has 3 aromatic rings. The van der Waals surface area contributed by atoms with Crippen molar-refractivity contribution in [1.29, 1.82) is 0 Å². The van der Waals surface area contributed by atoms with Crippen LogP contribution in [0, 0.1) is 11.6 Å². The number of hydrogen-bond acceptors (Lipinski definition) is 7. The lowest BCUT2D eigenvalue weighted by molar-refractivity contribution is -0.113. The number of nitrogen functional groups attached to an aromatic ring is 1. The first-order chi connectivity index (χ1) is 13.9. The van der Waals surface area contributed by atoms with Crippen LogP contribution in [-0.4, -0.2) is 32.7 Å². The minimum Gasteiger partial charge on any atom is -0.334 e. The molecule has 0 aliphatic carbocycles. The summed E-state index contributed by atoms with van der Waals surface area (Å²) in [5.74, 6) is 3.50. The maximum atomic E-state index is 13.6. The maximum absolute atomic E-state index is 13.6. The second kappa shape index (κ2) is 9.47. The van der Waals surface area contributed by atoms with Crippen LogP contribution in [0.4, 0.5) is 20.4 Å². The lowest BCUT2D eigenvalue weighted by Crippen LogP contribution is -2.18. The number of aromatic nitrogens is 3. The molecule has 0 spiro atoms. The van der Waals surface area contributed by atoms with Crippen LogP contribution in [0.5, 0.6) is 0 Å². The summed E-state index contributed by atoms with van der Waals surface area (Å²) in [6.45, 7) is 0. The molecule has 1 amide bonds. The number of hydrogen-bond donors (Lipinski definition) is 3. The van der Waals surface area contributed by atoms with E-state index in [-0.39, 0.29) is 16.9 Å². The zero-order chi connectivity index (χ0) is 20.8. The number of para-hydroxylation sites is 1. The van der Waals surface area contributed by atoms with Gasteiger partial charge >= 0.3 is 0 Å². The van der Waals surface area contributed by atoms with Gasteiger partial charge in [-0.25, -0.2) is 18.9 Å². The van der Waals surface area contributed by atoms with Crippen molar-refractivity contribution < 1.29 is 13.6 Å². The first-order valence-corrected chi connectivity index (χ1v) is 9.83. The van der Waals surface area contributed by atoms with Crippen molar-refractivity contribution in [2.75, 3.05) is 22.3 Å². The van der Waals surface area contributed by atoms with Crippen LogP contribution in [0.3, 0.4) is 0 Å². The third kappa shape index (κ3) is 5.51. The van der Waals surface area contributed by atoms with Crippen molar-refractivity contribution in [2.24, 2.45) is 5.10 Å². The van der Waals surface area contributed by atoms with E-state index in [1.807, 2.05) is 24.3 Å². The van der Waals surface area contributed by atoms with Gasteiger partial charge in [0.2, 0.25) is 11.1 Å². The standard InChI is InChI=1S/C17H14BrF2N7OS/c18-11-4-1-3-10(7-11)8-22-24-16-25-26-17(27(16)21)29-9-14(28)23-15-12(19)5-2-6-13(15)20/h1-8H,9,21H2,(H,23,28)(H,24,25)/b22-8+. The SMILES string of the molecule is Nn1c(N/N=C/c2cccc(Br)c2)nnc1SCC(=O)Nc1c(F)cccc1F. The summed E-state index contributed by atoms with van der Waals surface area (Å²) in [6.07, 6.45) is 1.57. The van der Waals surface area contributed by atoms with Gasteiger partial charge in [-0.05, 0) is 29.8 Å². The van der Waals surface area contributed by atoms with Gasteiger partial charge in [0.1, 0.15) is 17.3 Å². The van der Waals surface area contributed by atoms with Gasteiger partial charge in [-0.2, -0.15) is 5.10 Å². The molecule has 0 aliphatic rings. The number of nitrogens with one attached hydrogen (secondary N) is 2. The molecule has 150 valence electrons. The minimum absolute atomic E-state index is 0.152. The summed E-state index contributed by atoms with van der Waals surface area (Å²) in [5, 5.41) is 14.1. The van der Waals surface area contributed by atoms with Crippen LogP contribution in [0.2, 0.25) is 0 Å². The predicted molar refractivity (Wildman–Crippen MR) is 111 cm³/mol. The lowest BCUT2D eigenvalue weighted by atomic mass is 10.2. The zero-order valence-electron chi connectivity index (χ0n) is 14.6. The fraction of sp³-hybridized carbons (Fsp3) is 0.0588. The van der Waals surface area contributed by atoms with Crippen molar-refractivity contribution in [3.8, 4) is 0 Å².